The predicted octanol–water partition coefficient (Wildman–Crippen LogP) is 4.24. The summed E-state index contributed by atoms with van der Waals surface area (Å²) in [7, 11) is 0. The van der Waals surface area contributed by atoms with Crippen LogP contribution in [0.15, 0.2) is 43.0 Å². The molecule has 0 saturated heterocycles. The van der Waals surface area contributed by atoms with Gasteiger partial charge in [-0.3, -0.25) is 4.90 Å². The minimum atomic E-state index is -0.226. The Morgan fingerprint density at radius 1 is 1.33 bits per heavy atom. The minimum Gasteiger partial charge on any atom is -0.504 e. The normalized spacial score (nSPS) is 18.0. The highest BCUT2D eigenvalue weighted by Gasteiger charge is 2.28. The zero-order valence-electron chi connectivity index (χ0n) is 13.8. The van der Waals surface area contributed by atoms with Gasteiger partial charge in [-0.25, -0.2) is 0 Å². The Morgan fingerprint density at radius 2 is 2.12 bits per heavy atom. The second-order valence-electron chi connectivity index (χ2n) is 6.39. The van der Waals surface area contributed by atoms with Crippen LogP contribution in [0.4, 0.5) is 0 Å². The van der Waals surface area contributed by atoms with Gasteiger partial charge in [0.1, 0.15) is 0 Å². The Hall–Kier alpha value is -1.97. The molecule has 2 aromatic rings. The van der Waals surface area contributed by atoms with Crippen molar-refractivity contribution in [2.24, 2.45) is 0 Å². The van der Waals surface area contributed by atoms with Crippen molar-refractivity contribution in [3.8, 4) is 11.5 Å². The van der Waals surface area contributed by atoms with Crippen molar-refractivity contribution < 1.29 is 10.2 Å². The van der Waals surface area contributed by atoms with Crippen LogP contribution in [0.25, 0.3) is 0 Å². The Labute approximate surface area is 147 Å². The smallest absolute Gasteiger partial charge is 0.176 e. The number of phenolic OH excluding ortho intramolecular Hbond substituents is 2. The van der Waals surface area contributed by atoms with Crippen LogP contribution in [-0.2, 0) is 6.42 Å². The largest absolute Gasteiger partial charge is 0.504 e. The second kappa shape index (κ2) is 6.88. The molecule has 0 unspecified atom stereocenters. The van der Waals surface area contributed by atoms with Crippen LogP contribution in [0.5, 0.6) is 11.5 Å². The molecule has 24 heavy (non-hydrogen) atoms. The van der Waals surface area contributed by atoms with E-state index in [1.807, 2.05) is 6.08 Å². The van der Waals surface area contributed by atoms with Crippen molar-refractivity contribution in [1.82, 2.24) is 4.90 Å². The summed E-state index contributed by atoms with van der Waals surface area (Å²) >= 11 is 6.35. The lowest BCUT2D eigenvalue weighted by Gasteiger charge is -2.25. The zero-order valence-corrected chi connectivity index (χ0v) is 14.6. The lowest BCUT2D eigenvalue weighted by atomic mass is 9.87. The Kier molecular flexibility index (Phi) is 4.83. The molecule has 0 amide bonds. The molecule has 3 nitrogen and oxygen atoms in total. The van der Waals surface area contributed by atoms with Crippen molar-refractivity contribution in [3.63, 3.8) is 0 Å². The first-order chi connectivity index (χ1) is 11.5. The number of aryl methyl sites for hydroxylation is 1. The summed E-state index contributed by atoms with van der Waals surface area (Å²) in [5, 5.41) is 20.4. The summed E-state index contributed by atoms with van der Waals surface area (Å²) in [6.07, 6.45) is 2.64. The minimum absolute atomic E-state index is 0.0892. The molecule has 0 spiro atoms. The number of aromatic hydroxyl groups is 2. The fourth-order valence-electron chi connectivity index (χ4n) is 3.49. The van der Waals surface area contributed by atoms with Gasteiger partial charge in [0, 0.05) is 25.6 Å². The van der Waals surface area contributed by atoms with Gasteiger partial charge in [-0.1, -0.05) is 47.5 Å². The van der Waals surface area contributed by atoms with E-state index >= 15 is 0 Å². The summed E-state index contributed by atoms with van der Waals surface area (Å²) in [6.45, 7) is 8.38. The number of fused-ring (bicyclic) bond motifs is 1. The van der Waals surface area contributed by atoms with E-state index in [0.29, 0.717) is 0 Å². The SMILES string of the molecule is C=CCN1CCc2c(cc(O)c(O)c2Cl)[C@H](c2cccc(C)c2)C1. The van der Waals surface area contributed by atoms with E-state index in [4.69, 9.17) is 11.6 Å². The predicted molar refractivity (Wildman–Crippen MR) is 98.1 cm³/mol. The number of hydrogen-bond donors (Lipinski definition) is 2. The molecule has 2 N–H and O–H groups in total. The highest BCUT2D eigenvalue weighted by molar-refractivity contribution is 6.33. The van der Waals surface area contributed by atoms with Crippen LogP contribution in [0.1, 0.15) is 28.2 Å². The van der Waals surface area contributed by atoms with Gasteiger partial charge in [0.2, 0.25) is 0 Å². The van der Waals surface area contributed by atoms with Gasteiger partial charge in [-0.15, -0.1) is 6.58 Å². The van der Waals surface area contributed by atoms with Crippen molar-refractivity contribution in [2.45, 2.75) is 19.3 Å². The summed E-state index contributed by atoms with van der Waals surface area (Å²) < 4.78 is 0. The summed E-state index contributed by atoms with van der Waals surface area (Å²) in [4.78, 5) is 2.32. The van der Waals surface area contributed by atoms with E-state index < -0.39 is 0 Å². The van der Waals surface area contributed by atoms with Crippen LogP contribution in [0.3, 0.4) is 0 Å². The number of nitrogens with zero attached hydrogens (tertiary/aromatic N) is 1. The maximum Gasteiger partial charge on any atom is 0.176 e. The fourth-order valence-corrected chi connectivity index (χ4v) is 3.79. The zero-order chi connectivity index (χ0) is 17.3. The molecular weight excluding hydrogens is 322 g/mol. The van der Waals surface area contributed by atoms with Gasteiger partial charge in [-0.2, -0.15) is 0 Å². The van der Waals surface area contributed by atoms with Crippen LogP contribution in [-0.4, -0.2) is 34.7 Å². The van der Waals surface area contributed by atoms with Gasteiger partial charge < -0.3 is 10.2 Å². The van der Waals surface area contributed by atoms with Crippen molar-refractivity contribution in [2.75, 3.05) is 19.6 Å². The van der Waals surface area contributed by atoms with Crippen LogP contribution in [0, 0.1) is 6.92 Å². The molecule has 1 aliphatic heterocycles. The van der Waals surface area contributed by atoms with Gasteiger partial charge in [0.25, 0.3) is 0 Å². The molecule has 1 heterocycles. The molecule has 2 aromatic carbocycles. The monoisotopic (exact) mass is 343 g/mol. The lowest BCUT2D eigenvalue weighted by Crippen LogP contribution is -2.28. The van der Waals surface area contributed by atoms with Gasteiger partial charge >= 0.3 is 0 Å². The Morgan fingerprint density at radius 3 is 2.83 bits per heavy atom. The van der Waals surface area contributed by atoms with Gasteiger partial charge in [0.15, 0.2) is 11.5 Å². The Balaban J connectivity index is 2.15. The average Bonchev–Trinajstić information content (AvgIpc) is 2.73. The van der Waals surface area contributed by atoms with E-state index in [1.165, 1.54) is 11.1 Å². The van der Waals surface area contributed by atoms with Gasteiger partial charge in [-0.05, 0) is 36.1 Å². The van der Waals surface area contributed by atoms with E-state index in [9.17, 15) is 10.2 Å². The highest BCUT2D eigenvalue weighted by Crippen LogP contribution is 2.43. The molecule has 3 rings (SSSR count). The molecule has 4 heteroatoms. The molecule has 126 valence electrons. The molecule has 0 fully saturated rings. The third kappa shape index (κ3) is 3.14. The first-order valence-corrected chi connectivity index (χ1v) is 8.52. The standard InChI is InChI=1S/C20H22ClNO2/c1-3-8-22-9-7-15-16(11-18(23)20(24)19(15)21)17(12-22)14-6-4-5-13(2)10-14/h3-6,10-11,17,23-24H,1,7-9,12H2,2H3/t17-/m0/s1. The summed E-state index contributed by atoms with van der Waals surface area (Å²) in [5.41, 5.74) is 4.30. The number of benzene rings is 2. The Bertz CT molecular complexity index is 772. The maximum atomic E-state index is 10.1. The third-order valence-corrected chi connectivity index (χ3v) is 5.09. The average molecular weight is 344 g/mol. The lowest BCUT2D eigenvalue weighted by molar-refractivity contribution is 0.306. The summed E-state index contributed by atoms with van der Waals surface area (Å²) in [6, 6.07) is 10.1. The molecule has 0 bridgehead atoms. The topological polar surface area (TPSA) is 43.7 Å². The van der Waals surface area contributed by atoms with Gasteiger partial charge in [0.05, 0.1) is 5.02 Å². The van der Waals surface area contributed by atoms with E-state index in [1.54, 1.807) is 6.07 Å². The van der Waals surface area contributed by atoms with Crippen molar-refractivity contribution >= 4 is 11.6 Å². The van der Waals surface area contributed by atoms with E-state index in [0.717, 1.165) is 37.2 Å². The maximum absolute atomic E-state index is 10.1. The van der Waals surface area contributed by atoms with E-state index in [-0.39, 0.29) is 22.4 Å². The second-order valence-corrected chi connectivity index (χ2v) is 6.77. The molecule has 0 aliphatic carbocycles. The number of phenols is 2. The fraction of sp³-hybridized carbons (Fsp3) is 0.300. The number of rotatable bonds is 3. The molecule has 0 aromatic heterocycles. The van der Waals surface area contributed by atoms with Crippen LogP contribution >= 0.6 is 11.6 Å². The number of hydrogen-bond acceptors (Lipinski definition) is 3. The summed E-state index contributed by atoms with van der Waals surface area (Å²) in [5.74, 6) is -0.296. The quantitative estimate of drug-likeness (QED) is 0.647. The first-order valence-electron chi connectivity index (χ1n) is 8.14. The molecule has 1 atom stereocenters. The van der Waals surface area contributed by atoms with Crippen LogP contribution < -0.4 is 0 Å². The highest BCUT2D eigenvalue weighted by atomic mass is 35.5. The van der Waals surface area contributed by atoms with Crippen molar-refractivity contribution in [1.29, 1.82) is 0 Å². The molecule has 1 aliphatic rings. The first kappa shape index (κ1) is 16.9. The van der Waals surface area contributed by atoms with Crippen molar-refractivity contribution in [3.05, 3.63) is 70.3 Å². The van der Waals surface area contributed by atoms with E-state index in [2.05, 4.69) is 42.7 Å². The molecular formula is C20H22ClNO2. The number of halogens is 1. The van der Waals surface area contributed by atoms with Crippen LogP contribution in [0.2, 0.25) is 5.02 Å². The molecule has 0 radical (unpaired) electrons. The molecule has 0 saturated carbocycles. The third-order valence-electron chi connectivity index (χ3n) is 4.68.